The Morgan fingerprint density at radius 1 is 0.923 bits per heavy atom. The van der Waals surface area contributed by atoms with Gasteiger partial charge in [-0.1, -0.05) is 18.2 Å². The quantitative estimate of drug-likeness (QED) is 0.820. The van der Waals surface area contributed by atoms with Crippen LogP contribution in [0.4, 0.5) is 4.39 Å². The van der Waals surface area contributed by atoms with Gasteiger partial charge in [0.05, 0.1) is 4.90 Å². The Bertz CT molecular complexity index is 873. The molecule has 140 valence electrons. The molecule has 2 aromatic rings. The van der Waals surface area contributed by atoms with Gasteiger partial charge in [-0.25, -0.2) is 12.8 Å². The summed E-state index contributed by atoms with van der Waals surface area (Å²) in [7, 11) is -3.46. The molecular formula is C20H25FN2O2S. The summed E-state index contributed by atoms with van der Waals surface area (Å²) in [5.41, 5.74) is 3.11. The van der Waals surface area contributed by atoms with Crippen LogP contribution in [0, 0.1) is 19.7 Å². The molecule has 1 fully saturated rings. The van der Waals surface area contributed by atoms with E-state index in [2.05, 4.69) is 11.8 Å². The summed E-state index contributed by atoms with van der Waals surface area (Å²) in [5, 5.41) is 0. The van der Waals surface area contributed by atoms with Gasteiger partial charge in [0.15, 0.2) is 0 Å². The van der Waals surface area contributed by atoms with Crippen molar-refractivity contribution in [3.05, 3.63) is 65.0 Å². The second-order valence-corrected chi connectivity index (χ2v) is 8.85. The number of aryl methyl sites for hydroxylation is 2. The summed E-state index contributed by atoms with van der Waals surface area (Å²) in [6, 6.07) is 11.9. The van der Waals surface area contributed by atoms with Crippen LogP contribution in [-0.2, 0) is 10.0 Å². The fraction of sp³-hybridized carbons (Fsp3) is 0.400. The van der Waals surface area contributed by atoms with Gasteiger partial charge in [0.25, 0.3) is 0 Å². The lowest BCUT2D eigenvalue weighted by Crippen LogP contribution is -2.49. The molecule has 26 heavy (non-hydrogen) atoms. The van der Waals surface area contributed by atoms with E-state index in [0.29, 0.717) is 31.1 Å². The molecule has 0 bridgehead atoms. The molecule has 1 aliphatic heterocycles. The minimum absolute atomic E-state index is 0.127. The lowest BCUT2D eigenvalue weighted by molar-refractivity contribution is 0.146. The molecular weight excluding hydrogens is 351 g/mol. The second-order valence-electron chi connectivity index (χ2n) is 6.91. The first-order valence-corrected chi connectivity index (χ1v) is 10.3. The highest BCUT2D eigenvalue weighted by atomic mass is 32.2. The van der Waals surface area contributed by atoms with Crippen molar-refractivity contribution in [2.45, 2.75) is 31.7 Å². The molecule has 0 unspecified atom stereocenters. The summed E-state index contributed by atoms with van der Waals surface area (Å²) >= 11 is 0. The molecule has 0 aromatic heterocycles. The average molecular weight is 376 g/mol. The third-order valence-electron chi connectivity index (χ3n) is 5.29. The zero-order chi connectivity index (χ0) is 18.9. The van der Waals surface area contributed by atoms with Crippen LogP contribution in [0.5, 0.6) is 0 Å². The van der Waals surface area contributed by atoms with E-state index >= 15 is 0 Å². The summed E-state index contributed by atoms with van der Waals surface area (Å²) in [5.74, 6) is -0.245. The number of benzene rings is 2. The number of rotatable bonds is 4. The van der Waals surface area contributed by atoms with Crippen molar-refractivity contribution in [2.75, 3.05) is 26.2 Å². The topological polar surface area (TPSA) is 40.6 Å². The van der Waals surface area contributed by atoms with Gasteiger partial charge in [-0.2, -0.15) is 4.31 Å². The van der Waals surface area contributed by atoms with Crippen molar-refractivity contribution in [3.8, 4) is 0 Å². The Hall–Kier alpha value is -1.76. The standard InChI is InChI=1S/C20H25FN2O2S/c1-15-4-9-20(14-16(15)2)26(24,25)23-12-10-22(11-13-23)17(3)18-5-7-19(21)8-6-18/h4-9,14,17H,10-13H2,1-3H3/t17-/m1/s1. The lowest BCUT2D eigenvalue weighted by atomic mass is 10.1. The number of nitrogens with zero attached hydrogens (tertiary/aromatic N) is 2. The maximum atomic E-state index is 13.1. The summed E-state index contributed by atoms with van der Waals surface area (Å²) in [6.45, 7) is 8.20. The van der Waals surface area contributed by atoms with Crippen LogP contribution in [-0.4, -0.2) is 43.8 Å². The van der Waals surface area contributed by atoms with E-state index in [-0.39, 0.29) is 11.9 Å². The maximum absolute atomic E-state index is 13.1. The van der Waals surface area contributed by atoms with Gasteiger partial charge in [0, 0.05) is 32.2 Å². The Kier molecular flexibility index (Phi) is 5.46. The minimum Gasteiger partial charge on any atom is -0.294 e. The predicted molar refractivity (Wildman–Crippen MR) is 101 cm³/mol. The van der Waals surface area contributed by atoms with E-state index in [1.165, 1.54) is 12.1 Å². The van der Waals surface area contributed by atoms with Gasteiger partial charge in [-0.05, 0) is 61.7 Å². The van der Waals surface area contributed by atoms with Gasteiger partial charge >= 0.3 is 0 Å². The predicted octanol–water partition coefficient (Wildman–Crippen LogP) is 3.51. The zero-order valence-electron chi connectivity index (χ0n) is 15.4. The number of hydrogen-bond acceptors (Lipinski definition) is 3. The van der Waals surface area contributed by atoms with E-state index in [9.17, 15) is 12.8 Å². The van der Waals surface area contributed by atoms with Gasteiger partial charge in [-0.3, -0.25) is 4.90 Å². The third kappa shape index (κ3) is 3.82. The fourth-order valence-electron chi connectivity index (χ4n) is 3.31. The molecule has 1 saturated heterocycles. The number of piperazine rings is 1. The molecule has 1 heterocycles. The Morgan fingerprint density at radius 2 is 1.54 bits per heavy atom. The van der Waals surface area contributed by atoms with Crippen molar-refractivity contribution < 1.29 is 12.8 Å². The molecule has 6 heteroatoms. The van der Waals surface area contributed by atoms with E-state index in [1.54, 1.807) is 28.6 Å². The van der Waals surface area contributed by atoms with Crippen LogP contribution in [0.25, 0.3) is 0 Å². The van der Waals surface area contributed by atoms with Crippen molar-refractivity contribution in [3.63, 3.8) is 0 Å². The van der Waals surface area contributed by atoms with E-state index < -0.39 is 10.0 Å². The summed E-state index contributed by atoms with van der Waals surface area (Å²) < 4.78 is 40.5. The SMILES string of the molecule is Cc1ccc(S(=O)(=O)N2CCN([C@H](C)c3ccc(F)cc3)CC2)cc1C. The monoisotopic (exact) mass is 376 g/mol. The van der Waals surface area contributed by atoms with Crippen LogP contribution in [0.2, 0.25) is 0 Å². The van der Waals surface area contributed by atoms with Gasteiger partial charge in [0.1, 0.15) is 5.82 Å². The zero-order valence-corrected chi connectivity index (χ0v) is 16.3. The smallest absolute Gasteiger partial charge is 0.243 e. The molecule has 1 aliphatic rings. The Morgan fingerprint density at radius 3 is 2.12 bits per heavy atom. The van der Waals surface area contributed by atoms with E-state index in [0.717, 1.165) is 16.7 Å². The molecule has 4 nitrogen and oxygen atoms in total. The third-order valence-corrected chi connectivity index (χ3v) is 7.18. The highest BCUT2D eigenvalue weighted by Crippen LogP contribution is 2.25. The first kappa shape index (κ1) is 19.0. The van der Waals surface area contributed by atoms with Crippen LogP contribution in [0.1, 0.15) is 29.7 Å². The maximum Gasteiger partial charge on any atom is 0.243 e. The molecule has 2 aromatic carbocycles. The van der Waals surface area contributed by atoms with E-state index in [4.69, 9.17) is 0 Å². The molecule has 0 radical (unpaired) electrons. The summed E-state index contributed by atoms with van der Waals surface area (Å²) in [4.78, 5) is 2.60. The van der Waals surface area contributed by atoms with Crippen molar-refractivity contribution >= 4 is 10.0 Å². The van der Waals surface area contributed by atoms with Crippen LogP contribution >= 0.6 is 0 Å². The molecule has 0 N–H and O–H groups in total. The van der Waals surface area contributed by atoms with Gasteiger partial charge in [0.2, 0.25) is 10.0 Å². The molecule has 0 spiro atoms. The Labute approximate surface area is 155 Å². The lowest BCUT2D eigenvalue weighted by Gasteiger charge is -2.37. The van der Waals surface area contributed by atoms with Crippen LogP contribution in [0.3, 0.4) is 0 Å². The Balaban J connectivity index is 1.69. The molecule has 0 aliphatic carbocycles. The number of sulfonamides is 1. The first-order valence-electron chi connectivity index (χ1n) is 8.86. The van der Waals surface area contributed by atoms with Gasteiger partial charge < -0.3 is 0 Å². The number of halogens is 1. The second kappa shape index (κ2) is 7.47. The first-order chi connectivity index (χ1) is 12.3. The van der Waals surface area contributed by atoms with Crippen molar-refractivity contribution in [1.82, 2.24) is 9.21 Å². The minimum atomic E-state index is -3.46. The van der Waals surface area contributed by atoms with Crippen LogP contribution in [0.15, 0.2) is 47.4 Å². The van der Waals surface area contributed by atoms with Crippen molar-refractivity contribution in [1.29, 1.82) is 0 Å². The van der Waals surface area contributed by atoms with Crippen molar-refractivity contribution in [2.24, 2.45) is 0 Å². The molecule has 0 amide bonds. The van der Waals surface area contributed by atoms with E-state index in [1.807, 2.05) is 19.9 Å². The largest absolute Gasteiger partial charge is 0.294 e. The highest BCUT2D eigenvalue weighted by Gasteiger charge is 2.30. The van der Waals surface area contributed by atoms with Gasteiger partial charge in [-0.15, -0.1) is 0 Å². The molecule has 1 atom stereocenters. The summed E-state index contributed by atoms with van der Waals surface area (Å²) in [6.07, 6.45) is 0. The highest BCUT2D eigenvalue weighted by molar-refractivity contribution is 7.89. The fourth-order valence-corrected chi connectivity index (χ4v) is 4.81. The van der Waals surface area contributed by atoms with Crippen LogP contribution < -0.4 is 0 Å². The molecule has 3 rings (SSSR count). The average Bonchev–Trinajstić information content (AvgIpc) is 2.64. The molecule has 0 saturated carbocycles. The normalized spacial score (nSPS) is 18.0. The number of hydrogen-bond donors (Lipinski definition) is 0.